The highest BCUT2D eigenvalue weighted by molar-refractivity contribution is 4.87. The van der Waals surface area contributed by atoms with E-state index in [4.69, 9.17) is 4.74 Å². The van der Waals surface area contributed by atoms with E-state index in [0.717, 1.165) is 12.8 Å². The number of alkyl halides is 1. The summed E-state index contributed by atoms with van der Waals surface area (Å²) in [5, 5.41) is 0. The van der Waals surface area contributed by atoms with E-state index in [1.807, 2.05) is 6.92 Å². The van der Waals surface area contributed by atoms with Crippen molar-refractivity contribution in [1.82, 2.24) is 0 Å². The summed E-state index contributed by atoms with van der Waals surface area (Å²) in [5.41, 5.74) is 0.0939. The Balaban J connectivity index is 2.48. The van der Waals surface area contributed by atoms with Crippen LogP contribution in [0.3, 0.4) is 0 Å². The van der Waals surface area contributed by atoms with E-state index in [0.29, 0.717) is 13.0 Å². The molecule has 0 aromatic carbocycles. The molecule has 1 fully saturated rings. The number of hydrogen-bond donors (Lipinski definition) is 0. The zero-order valence-electron chi connectivity index (χ0n) is 9.85. The van der Waals surface area contributed by atoms with E-state index < -0.39 is 6.17 Å². The summed E-state index contributed by atoms with van der Waals surface area (Å²) in [6.07, 6.45) is 2.07. The summed E-state index contributed by atoms with van der Waals surface area (Å²) in [6.45, 7) is 9.07. The molecule has 0 aliphatic heterocycles. The predicted molar refractivity (Wildman–Crippen MR) is 57.1 cm³/mol. The molecule has 0 heterocycles. The van der Waals surface area contributed by atoms with E-state index >= 15 is 0 Å². The summed E-state index contributed by atoms with van der Waals surface area (Å²) in [5.74, 6) is 0.208. The Hall–Kier alpha value is -0.110. The monoisotopic (exact) mass is 202 g/mol. The molecule has 0 N–H and O–H groups in total. The second-order valence-electron chi connectivity index (χ2n) is 5.38. The van der Waals surface area contributed by atoms with Crippen molar-refractivity contribution in [1.29, 1.82) is 0 Å². The average Bonchev–Trinajstić information content (AvgIpc) is 2.02. The van der Waals surface area contributed by atoms with Gasteiger partial charge in [0.25, 0.3) is 0 Å². The minimum Gasteiger partial charge on any atom is -0.378 e. The van der Waals surface area contributed by atoms with Crippen molar-refractivity contribution in [3.05, 3.63) is 0 Å². The Morgan fingerprint density at radius 2 is 1.93 bits per heavy atom. The molecule has 84 valence electrons. The van der Waals surface area contributed by atoms with Gasteiger partial charge >= 0.3 is 0 Å². The highest BCUT2D eigenvalue weighted by Crippen LogP contribution is 2.40. The van der Waals surface area contributed by atoms with Gasteiger partial charge in [-0.1, -0.05) is 20.8 Å². The third kappa shape index (κ3) is 2.94. The Morgan fingerprint density at radius 3 is 2.36 bits per heavy atom. The predicted octanol–water partition coefficient (Wildman–Crippen LogP) is 3.58. The fraction of sp³-hybridized carbons (Fsp3) is 1.00. The fourth-order valence-corrected chi connectivity index (χ4v) is 2.44. The highest BCUT2D eigenvalue weighted by atomic mass is 19.1. The van der Waals surface area contributed by atoms with Crippen LogP contribution in [0.25, 0.3) is 0 Å². The van der Waals surface area contributed by atoms with Gasteiger partial charge in [0, 0.05) is 13.0 Å². The smallest absolute Gasteiger partial charge is 0.106 e. The van der Waals surface area contributed by atoms with Crippen LogP contribution in [0.4, 0.5) is 4.39 Å². The molecule has 1 aliphatic rings. The van der Waals surface area contributed by atoms with Crippen molar-refractivity contribution in [2.75, 3.05) is 6.61 Å². The normalized spacial score (nSPS) is 34.5. The topological polar surface area (TPSA) is 9.23 Å². The van der Waals surface area contributed by atoms with Crippen molar-refractivity contribution in [2.45, 2.75) is 59.2 Å². The molecule has 0 bridgehead atoms. The van der Waals surface area contributed by atoms with Crippen LogP contribution in [-0.4, -0.2) is 18.9 Å². The van der Waals surface area contributed by atoms with Gasteiger partial charge in [0.2, 0.25) is 0 Å². The number of hydrogen-bond acceptors (Lipinski definition) is 1. The minimum absolute atomic E-state index is 0.0939. The molecule has 0 amide bonds. The van der Waals surface area contributed by atoms with Gasteiger partial charge in [0.15, 0.2) is 0 Å². The van der Waals surface area contributed by atoms with Crippen LogP contribution in [0.15, 0.2) is 0 Å². The average molecular weight is 202 g/mol. The lowest BCUT2D eigenvalue weighted by molar-refractivity contribution is -0.0309. The van der Waals surface area contributed by atoms with E-state index in [1.165, 1.54) is 0 Å². The molecule has 0 saturated heterocycles. The van der Waals surface area contributed by atoms with Gasteiger partial charge in [-0.15, -0.1) is 0 Å². The molecule has 2 heteroatoms. The van der Waals surface area contributed by atoms with E-state index in [9.17, 15) is 4.39 Å². The molecular formula is C12H23FO. The van der Waals surface area contributed by atoms with Crippen molar-refractivity contribution in [3.8, 4) is 0 Å². The molecule has 1 nitrogen and oxygen atoms in total. The number of ether oxygens (including phenoxy) is 1. The molecule has 3 atom stereocenters. The van der Waals surface area contributed by atoms with Gasteiger partial charge in [0.1, 0.15) is 6.17 Å². The van der Waals surface area contributed by atoms with Crippen LogP contribution in [0.2, 0.25) is 0 Å². The molecule has 1 saturated carbocycles. The quantitative estimate of drug-likeness (QED) is 0.665. The standard InChI is InChI=1S/C12H23FO/c1-5-14-9-6-7-10(11(13)8-9)12(2,3)4/h9-11H,5-8H2,1-4H3. The van der Waals surface area contributed by atoms with Gasteiger partial charge in [-0.25, -0.2) is 4.39 Å². The molecule has 14 heavy (non-hydrogen) atoms. The van der Waals surface area contributed by atoms with Crippen LogP contribution in [0, 0.1) is 11.3 Å². The zero-order chi connectivity index (χ0) is 10.8. The lowest BCUT2D eigenvalue weighted by Gasteiger charge is -2.39. The summed E-state index contributed by atoms with van der Waals surface area (Å²) in [4.78, 5) is 0. The van der Waals surface area contributed by atoms with E-state index in [1.54, 1.807) is 0 Å². The van der Waals surface area contributed by atoms with Crippen LogP contribution in [0.1, 0.15) is 47.0 Å². The van der Waals surface area contributed by atoms with Crippen molar-refractivity contribution in [3.63, 3.8) is 0 Å². The first-order chi connectivity index (χ1) is 6.45. The van der Waals surface area contributed by atoms with Gasteiger partial charge < -0.3 is 4.74 Å². The fourth-order valence-electron chi connectivity index (χ4n) is 2.44. The third-order valence-corrected chi connectivity index (χ3v) is 3.24. The van der Waals surface area contributed by atoms with Crippen molar-refractivity contribution in [2.24, 2.45) is 11.3 Å². The molecule has 1 aliphatic carbocycles. The maximum Gasteiger partial charge on any atom is 0.106 e. The summed E-state index contributed by atoms with van der Waals surface area (Å²) in [6, 6.07) is 0. The Labute approximate surface area is 87.0 Å². The lowest BCUT2D eigenvalue weighted by atomic mass is 9.71. The van der Waals surface area contributed by atoms with Crippen LogP contribution < -0.4 is 0 Å². The van der Waals surface area contributed by atoms with Gasteiger partial charge in [0.05, 0.1) is 6.10 Å². The maximum absolute atomic E-state index is 13.8. The second-order valence-corrected chi connectivity index (χ2v) is 5.38. The summed E-state index contributed by atoms with van der Waals surface area (Å²) < 4.78 is 19.3. The van der Waals surface area contributed by atoms with Crippen molar-refractivity contribution >= 4 is 0 Å². The molecule has 0 aromatic rings. The largest absolute Gasteiger partial charge is 0.378 e. The first-order valence-corrected chi connectivity index (χ1v) is 5.70. The Kier molecular flexibility index (Phi) is 3.94. The number of rotatable bonds is 2. The second kappa shape index (κ2) is 4.61. The molecule has 0 radical (unpaired) electrons. The minimum atomic E-state index is -0.680. The zero-order valence-corrected chi connectivity index (χ0v) is 9.85. The maximum atomic E-state index is 13.8. The molecule has 3 unspecified atom stereocenters. The van der Waals surface area contributed by atoms with Gasteiger partial charge in [-0.05, 0) is 31.1 Å². The van der Waals surface area contributed by atoms with Crippen LogP contribution >= 0.6 is 0 Å². The highest BCUT2D eigenvalue weighted by Gasteiger charge is 2.37. The molecule has 0 aromatic heterocycles. The van der Waals surface area contributed by atoms with Gasteiger partial charge in [-0.3, -0.25) is 0 Å². The summed E-state index contributed by atoms with van der Waals surface area (Å²) >= 11 is 0. The lowest BCUT2D eigenvalue weighted by Crippen LogP contribution is -2.37. The SMILES string of the molecule is CCOC1CCC(C(C)(C)C)C(F)C1. The first-order valence-electron chi connectivity index (χ1n) is 5.70. The van der Waals surface area contributed by atoms with Gasteiger partial charge in [-0.2, -0.15) is 0 Å². The van der Waals surface area contributed by atoms with Crippen LogP contribution in [0.5, 0.6) is 0 Å². The first kappa shape index (κ1) is 12.0. The van der Waals surface area contributed by atoms with Crippen molar-refractivity contribution < 1.29 is 9.13 Å². The Bertz CT molecular complexity index is 174. The molecule has 1 rings (SSSR count). The van der Waals surface area contributed by atoms with Crippen LogP contribution in [-0.2, 0) is 4.74 Å². The molecule has 0 spiro atoms. The Morgan fingerprint density at radius 1 is 1.29 bits per heavy atom. The third-order valence-electron chi connectivity index (χ3n) is 3.24. The summed E-state index contributed by atoms with van der Waals surface area (Å²) in [7, 11) is 0. The number of halogens is 1. The van der Waals surface area contributed by atoms with E-state index in [2.05, 4.69) is 20.8 Å². The van der Waals surface area contributed by atoms with E-state index in [-0.39, 0.29) is 17.4 Å². The molecular weight excluding hydrogens is 179 g/mol.